The van der Waals surface area contributed by atoms with Crippen molar-refractivity contribution in [2.45, 2.75) is 18.4 Å². The van der Waals surface area contributed by atoms with Crippen LogP contribution in [0.2, 0.25) is 0 Å². The minimum atomic E-state index is -0.903. The first-order valence-electron chi connectivity index (χ1n) is 7.47. The summed E-state index contributed by atoms with van der Waals surface area (Å²) in [5, 5.41) is 30.1. The number of likely N-dealkylation sites (tertiary alicyclic amines) is 1. The molecule has 8 nitrogen and oxygen atoms in total. The van der Waals surface area contributed by atoms with Crippen LogP contribution in [0.3, 0.4) is 0 Å². The quantitative estimate of drug-likeness (QED) is 0.767. The predicted octanol–water partition coefficient (Wildman–Crippen LogP) is 0.618. The van der Waals surface area contributed by atoms with E-state index in [-0.39, 0.29) is 13.2 Å². The second kappa shape index (κ2) is 6.35. The maximum absolute atomic E-state index is 12.4. The number of anilines is 1. The molecular weight excluding hydrogens is 298 g/mol. The molecule has 3 rings (SSSR count). The van der Waals surface area contributed by atoms with Crippen LogP contribution in [0.4, 0.5) is 10.6 Å². The van der Waals surface area contributed by atoms with Crippen LogP contribution in [-0.2, 0) is 0 Å². The van der Waals surface area contributed by atoms with Gasteiger partial charge in [-0.1, -0.05) is 18.2 Å². The molecule has 0 aliphatic carbocycles. The van der Waals surface area contributed by atoms with Gasteiger partial charge in [0.25, 0.3) is 0 Å². The van der Waals surface area contributed by atoms with E-state index >= 15 is 0 Å². The van der Waals surface area contributed by atoms with Gasteiger partial charge >= 0.3 is 6.03 Å². The van der Waals surface area contributed by atoms with E-state index in [1.54, 1.807) is 0 Å². The third-order valence-corrected chi connectivity index (χ3v) is 4.14. The lowest BCUT2D eigenvalue weighted by atomic mass is 9.99. The molecule has 1 saturated heterocycles. The van der Waals surface area contributed by atoms with Crippen molar-refractivity contribution in [3.05, 3.63) is 36.5 Å². The SMILES string of the molecule is O=C(Nc1cnn(-c2ccccc2)n1)N1CCCC1(CO)CO. The number of urea groups is 1. The zero-order valence-corrected chi connectivity index (χ0v) is 12.6. The van der Waals surface area contributed by atoms with Gasteiger partial charge in [0.1, 0.15) is 0 Å². The summed E-state index contributed by atoms with van der Waals surface area (Å²) in [6.45, 7) is -0.0545. The number of hydrogen-bond donors (Lipinski definition) is 3. The molecule has 1 aliphatic rings. The van der Waals surface area contributed by atoms with Crippen molar-refractivity contribution < 1.29 is 15.0 Å². The molecule has 23 heavy (non-hydrogen) atoms. The molecule has 8 heteroatoms. The van der Waals surface area contributed by atoms with Gasteiger partial charge in [-0.05, 0) is 25.0 Å². The Balaban J connectivity index is 1.73. The molecule has 1 fully saturated rings. The first kappa shape index (κ1) is 15.4. The maximum atomic E-state index is 12.4. The lowest BCUT2D eigenvalue weighted by molar-refractivity contribution is 0.0393. The number of aliphatic hydroxyl groups is 2. The van der Waals surface area contributed by atoms with E-state index in [9.17, 15) is 15.0 Å². The highest BCUT2D eigenvalue weighted by Crippen LogP contribution is 2.29. The zero-order chi connectivity index (χ0) is 16.3. The molecule has 3 N–H and O–H groups in total. The van der Waals surface area contributed by atoms with Gasteiger partial charge in [-0.3, -0.25) is 5.32 Å². The fraction of sp³-hybridized carbons (Fsp3) is 0.400. The van der Waals surface area contributed by atoms with Crippen LogP contribution in [0.1, 0.15) is 12.8 Å². The normalized spacial score (nSPS) is 16.5. The summed E-state index contributed by atoms with van der Waals surface area (Å²) in [5.41, 5.74) is -0.117. The van der Waals surface area contributed by atoms with Crippen LogP contribution in [-0.4, -0.2) is 61.4 Å². The van der Waals surface area contributed by atoms with Gasteiger partial charge in [-0.15, -0.1) is 9.90 Å². The van der Waals surface area contributed by atoms with Crippen molar-refractivity contribution in [2.24, 2.45) is 0 Å². The number of para-hydroxylation sites is 1. The Hall–Kier alpha value is -2.45. The molecule has 0 bridgehead atoms. The Morgan fingerprint density at radius 3 is 2.70 bits per heavy atom. The molecular formula is C15H19N5O3. The largest absolute Gasteiger partial charge is 0.394 e. The number of benzene rings is 1. The van der Waals surface area contributed by atoms with Crippen molar-refractivity contribution in [3.63, 3.8) is 0 Å². The average Bonchev–Trinajstić information content (AvgIpc) is 3.22. The number of carbonyl (C=O) groups is 1. The second-order valence-corrected chi connectivity index (χ2v) is 5.58. The monoisotopic (exact) mass is 317 g/mol. The molecule has 2 amide bonds. The second-order valence-electron chi connectivity index (χ2n) is 5.58. The lowest BCUT2D eigenvalue weighted by Gasteiger charge is -2.35. The van der Waals surface area contributed by atoms with Gasteiger partial charge in [0.15, 0.2) is 5.82 Å². The summed E-state index contributed by atoms with van der Waals surface area (Å²) in [6, 6.07) is 8.96. The van der Waals surface area contributed by atoms with Crippen molar-refractivity contribution in [1.29, 1.82) is 0 Å². The van der Waals surface area contributed by atoms with Crippen LogP contribution in [0.15, 0.2) is 36.5 Å². The molecule has 1 aromatic carbocycles. The molecule has 2 aromatic rings. The Bertz CT molecular complexity index is 669. The molecule has 0 atom stereocenters. The molecule has 122 valence electrons. The third kappa shape index (κ3) is 2.90. The molecule has 0 radical (unpaired) electrons. The number of amides is 2. The Morgan fingerprint density at radius 1 is 1.26 bits per heavy atom. The van der Waals surface area contributed by atoms with E-state index in [2.05, 4.69) is 15.5 Å². The number of nitrogens with zero attached hydrogens (tertiary/aromatic N) is 4. The van der Waals surface area contributed by atoms with Crippen molar-refractivity contribution >= 4 is 11.8 Å². The third-order valence-electron chi connectivity index (χ3n) is 4.14. The average molecular weight is 317 g/mol. The molecule has 0 spiro atoms. The highest BCUT2D eigenvalue weighted by molar-refractivity contribution is 5.89. The van der Waals surface area contributed by atoms with Crippen molar-refractivity contribution in [1.82, 2.24) is 19.9 Å². The smallest absolute Gasteiger partial charge is 0.323 e. The minimum absolute atomic E-state index is 0.270. The number of rotatable bonds is 4. The van der Waals surface area contributed by atoms with E-state index in [1.807, 2.05) is 30.3 Å². The standard InChI is InChI=1S/C15H19N5O3/c21-10-15(11-22)7-4-8-19(15)14(23)17-13-9-16-20(18-13)12-5-2-1-3-6-12/h1-3,5-6,9,21-22H,4,7-8,10-11H2,(H,17,18,23). The Kier molecular flexibility index (Phi) is 4.26. The maximum Gasteiger partial charge on any atom is 0.323 e. The Morgan fingerprint density at radius 2 is 2.00 bits per heavy atom. The van der Waals surface area contributed by atoms with E-state index in [1.165, 1.54) is 15.9 Å². The van der Waals surface area contributed by atoms with Crippen LogP contribution in [0, 0.1) is 0 Å². The van der Waals surface area contributed by atoms with Crippen LogP contribution >= 0.6 is 0 Å². The Labute approximate surface area is 133 Å². The van der Waals surface area contributed by atoms with Gasteiger partial charge in [0.2, 0.25) is 0 Å². The fourth-order valence-electron chi connectivity index (χ4n) is 2.82. The summed E-state index contributed by atoms with van der Waals surface area (Å²) >= 11 is 0. The number of hydrogen-bond acceptors (Lipinski definition) is 5. The van der Waals surface area contributed by atoms with Crippen LogP contribution < -0.4 is 5.32 Å². The zero-order valence-electron chi connectivity index (χ0n) is 12.6. The summed E-state index contributed by atoms with van der Waals surface area (Å²) < 4.78 is 0. The lowest BCUT2D eigenvalue weighted by Crippen LogP contribution is -2.54. The van der Waals surface area contributed by atoms with E-state index in [0.29, 0.717) is 18.8 Å². The first-order chi connectivity index (χ1) is 11.2. The number of carbonyl (C=O) groups excluding carboxylic acids is 1. The molecule has 1 aromatic heterocycles. The number of aliphatic hydroxyl groups excluding tert-OH is 2. The van der Waals surface area contributed by atoms with Crippen molar-refractivity contribution in [2.75, 3.05) is 25.1 Å². The molecule has 0 unspecified atom stereocenters. The topological polar surface area (TPSA) is 104 Å². The first-order valence-corrected chi connectivity index (χ1v) is 7.47. The summed E-state index contributed by atoms with van der Waals surface area (Å²) in [6.07, 6.45) is 2.77. The van der Waals surface area contributed by atoms with Gasteiger partial charge < -0.3 is 15.1 Å². The highest BCUT2D eigenvalue weighted by atomic mass is 16.3. The van der Waals surface area contributed by atoms with Crippen molar-refractivity contribution in [3.8, 4) is 5.69 Å². The summed E-state index contributed by atoms with van der Waals surface area (Å²) in [5.74, 6) is 0.315. The van der Waals surface area contributed by atoms with Gasteiger partial charge in [0, 0.05) is 6.54 Å². The van der Waals surface area contributed by atoms with Gasteiger partial charge in [0.05, 0.1) is 30.6 Å². The molecule has 0 saturated carbocycles. The van der Waals surface area contributed by atoms with Gasteiger partial charge in [-0.25, -0.2) is 4.79 Å². The molecule has 2 heterocycles. The van der Waals surface area contributed by atoms with Crippen LogP contribution in [0.25, 0.3) is 5.69 Å². The number of nitrogens with one attached hydrogen (secondary N) is 1. The van der Waals surface area contributed by atoms with E-state index < -0.39 is 11.6 Å². The number of aromatic nitrogens is 3. The van der Waals surface area contributed by atoms with E-state index in [0.717, 1.165) is 12.1 Å². The minimum Gasteiger partial charge on any atom is -0.394 e. The van der Waals surface area contributed by atoms with Gasteiger partial charge in [-0.2, -0.15) is 5.10 Å². The predicted molar refractivity (Wildman–Crippen MR) is 83.2 cm³/mol. The molecule has 1 aliphatic heterocycles. The highest BCUT2D eigenvalue weighted by Gasteiger charge is 2.43. The fourth-order valence-corrected chi connectivity index (χ4v) is 2.82. The summed E-state index contributed by atoms with van der Waals surface area (Å²) in [4.78, 5) is 15.3. The van der Waals surface area contributed by atoms with E-state index in [4.69, 9.17) is 0 Å². The summed E-state index contributed by atoms with van der Waals surface area (Å²) in [7, 11) is 0. The van der Waals surface area contributed by atoms with Crippen LogP contribution in [0.5, 0.6) is 0 Å².